The van der Waals surface area contributed by atoms with E-state index in [1.54, 1.807) is 6.07 Å². The smallest absolute Gasteiger partial charge is 0.249 e. The third kappa shape index (κ3) is 2.02. The normalized spacial score (nSPS) is 22.5. The number of benzene rings is 1. The van der Waals surface area contributed by atoms with Gasteiger partial charge < -0.3 is 10.8 Å². The van der Waals surface area contributed by atoms with E-state index in [1.807, 2.05) is 18.2 Å². The van der Waals surface area contributed by atoms with E-state index in [9.17, 15) is 9.90 Å². The Hall–Kier alpha value is -1.39. The molecular weight excluding hydrogens is 228 g/mol. The minimum absolute atomic E-state index is 0.386. The molecular formula is C14H18N2O2. The molecule has 0 bridgehead atoms. The van der Waals surface area contributed by atoms with Crippen LogP contribution in [-0.4, -0.2) is 34.6 Å². The highest BCUT2D eigenvalue weighted by molar-refractivity contribution is 5.94. The maximum atomic E-state index is 11.3. The second kappa shape index (κ2) is 4.07. The number of rotatable bonds is 4. The van der Waals surface area contributed by atoms with Crippen molar-refractivity contribution < 1.29 is 9.90 Å². The summed E-state index contributed by atoms with van der Waals surface area (Å²) in [6, 6.07) is 7.41. The van der Waals surface area contributed by atoms with E-state index >= 15 is 0 Å². The fraction of sp³-hybridized carbons (Fsp3) is 0.500. The molecule has 4 nitrogen and oxygen atoms in total. The van der Waals surface area contributed by atoms with E-state index in [1.165, 1.54) is 0 Å². The van der Waals surface area contributed by atoms with Gasteiger partial charge >= 0.3 is 0 Å². The van der Waals surface area contributed by atoms with E-state index in [-0.39, 0.29) is 5.91 Å². The Bertz CT molecular complexity index is 476. The lowest BCUT2D eigenvalue weighted by Gasteiger charge is -2.47. The Morgan fingerprint density at radius 1 is 1.39 bits per heavy atom. The maximum Gasteiger partial charge on any atom is 0.249 e. The molecule has 96 valence electrons. The average molecular weight is 246 g/mol. The number of β-amino-alcohol motifs (C(OH)–C–C–N with tert-alkyl or cyclic N) is 1. The van der Waals surface area contributed by atoms with Gasteiger partial charge in [-0.2, -0.15) is 0 Å². The molecule has 1 saturated heterocycles. The first-order valence-electron chi connectivity index (χ1n) is 6.41. The number of nitrogens with two attached hydrogens (primary N) is 1. The Labute approximate surface area is 106 Å². The van der Waals surface area contributed by atoms with Crippen molar-refractivity contribution in [3.8, 4) is 0 Å². The monoisotopic (exact) mass is 246 g/mol. The van der Waals surface area contributed by atoms with E-state index in [2.05, 4.69) is 4.90 Å². The molecule has 0 unspecified atom stereocenters. The summed E-state index contributed by atoms with van der Waals surface area (Å²) in [6.07, 6.45) is 2.31. The summed E-state index contributed by atoms with van der Waals surface area (Å²) in [5.74, 6) is 0.115. The number of aliphatic hydroxyl groups is 1. The molecule has 2 aliphatic rings. The molecule has 1 amide bonds. The van der Waals surface area contributed by atoms with Crippen LogP contribution in [-0.2, 0) is 6.54 Å². The van der Waals surface area contributed by atoms with Gasteiger partial charge in [-0.25, -0.2) is 0 Å². The van der Waals surface area contributed by atoms with Crippen LogP contribution < -0.4 is 5.73 Å². The molecule has 3 N–H and O–H groups in total. The Morgan fingerprint density at radius 2 is 2.06 bits per heavy atom. The van der Waals surface area contributed by atoms with Gasteiger partial charge in [0.15, 0.2) is 0 Å². The Balaban J connectivity index is 1.66. The summed E-state index contributed by atoms with van der Waals surface area (Å²) >= 11 is 0. The molecule has 0 aromatic heterocycles. The summed E-state index contributed by atoms with van der Waals surface area (Å²) in [5, 5.41) is 10.2. The van der Waals surface area contributed by atoms with Gasteiger partial charge in [-0.3, -0.25) is 9.69 Å². The molecule has 1 aromatic carbocycles. The zero-order chi connectivity index (χ0) is 12.8. The topological polar surface area (TPSA) is 66.6 Å². The van der Waals surface area contributed by atoms with Crippen molar-refractivity contribution in [3.05, 3.63) is 35.4 Å². The van der Waals surface area contributed by atoms with E-state index in [0.717, 1.165) is 18.4 Å². The first kappa shape index (κ1) is 11.7. The highest BCUT2D eigenvalue weighted by atomic mass is 16.3. The summed E-state index contributed by atoms with van der Waals surface area (Å²) in [6.45, 7) is 2.11. The molecule has 1 aliphatic heterocycles. The Kier molecular flexibility index (Phi) is 2.64. The Morgan fingerprint density at radius 3 is 2.67 bits per heavy atom. The average Bonchev–Trinajstić information content (AvgIpc) is 3.11. The second-order valence-electron chi connectivity index (χ2n) is 5.54. The van der Waals surface area contributed by atoms with Crippen LogP contribution in [0.5, 0.6) is 0 Å². The van der Waals surface area contributed by atoms with Crippen molar-refractivity contribution in [3.63, 3.8) is 0 Å². The van der Waals surface area contributed by atoms with Gasteiger partial charge in [0.05, 0.1) is 5.60 Å². The van der Waals surface area contributed by atoms with Gasteiger partial charge in [0.2, 0.25) is 5.91 Å². The van der Waals surface area contributed by atoms with Crippen molar-refractivity contribution in [1.29, 1.82) is 0 Å². The van der Waals surface area contributed by atoms with Crippen LogP contribution in [0.25, 0.3) is 0 Å². The predicted molar refractivity (Wildman–Crippen MR) is 67.9 cm³/mol. The highest BCUT2D eigenvalue weighted by Gasteiger charge is 2.51. The fourth-order valence-corrected chi connectivity index (χ4v) is 2.86. The fourth-order valence-electron chi connectivity index (χ4n) is 2.86. The number of likely N-dealkylation sites (tertiary alicyclic amines) is 1. The molecule has 0 atom stereocenters. The molecule has 1 saturated carbocycles. The van der Waals surface area contributed by atoms with Gasteiger partial charge in [-0.15, -0.1) is 0 Å². The lowest BCUT2D eigenvalue weighted by atomic mass is 9.88. The van der Waals surface area contributed by atoms with Crippen molar-refractivity contribution >= 4 is 5.91 Å². The first-order valence-corrected chi connectivity index (χ1v) is 6.41. The van der Waals surface area contributed by atoms with Crippen molar-refractivity contribution in [2.75, 3.05) is 13.1 Å². The molecule has 1 heterocycles. The zero-order valence-electron chi connectivity index (χ0n) is 10.3. The number of nitrogens with zero attached hydrogens (tertiary/aromatic N) is 1. The predicted octanol–water partition coefficient (Wildman–Crippen LogP) is 0.742. The minimum Gasteiger partial charge on any atom is -0.387 e. The third-order valence-corrected chi connectivity index (χ3v) is 4.01. The number of primary amides is 1. The van der Waals surface area contributed by atoms with Crippen LogP contribution in [0, 0.1) is 5.92 Å². The molecule has 0 spiro atoms. The quantitative estimate of drug-likeness (QED) is 0.823. The second-order valence-corrected chi connectivity index (χ2v) is 5.54. The van der Waals surface area contributed by atoms with Crippen molar-refractivity contribution in [1.82, 2.24) is 4.90 Å². The van der Waals surface area contributed by atoms with Gasteiger partial charge in [0, 0.05) is 25.2 Å². The molecule has 3 rings (SSSR count). The SMILES string of the molecule is NC(=O)c1ccccc1CN1CC(O)(C2CC2)C1. The van der Waals surface area contributed by atoms with E-state index < -0.39 is 5.60 Å². The highest BCUT2D eigenvalue weighted by Crippen LogP contribution is 2.44. The van der Waals surface area contributed by atoms with Crippen LogP contribution in [0.2, 0.25) is 0 Å². The van der Waals surface area contributed by atoms with Gasteiger partial charge in [-0.1, -0.05) is 18.2 Å². The number of carbonyl (C=O) groups is 1. The van der Waals surface area contributed by atoms with Crippen LogP contribution in [0.1, 0.15) is 28.8 Å². The van der Waals surface area contributed by atoms with Crippen LogP contribution in [0.15, 0.2) is 24.3 Å². The molecule has 18 heavy (non-hydrogen) atoms. The van der Waals surface area contributed by atoms with Crippen LogP contribution >= 0.6 is 0 Å². The third-order valence-electron chi connectivity index (χ3n) is 4.01. The lowest BCUT2D eigenvalue weighted by Crippen LogP contribution is -2.62. The maximum absolute atomic E-state index is 11.3. The standard InChI is InChI=1S/C14H18N2O2/c15-13(17)12-4-2-1-3-10(12)7-16-8-14(18,9-16)11-5-6-11/h1-4,11,18H,5-9H2,(H2,15,17). The molecule has 4 heteroatoms. The largest absolute Gasteiger partial charge is 0.387 e. The molecule has 2 fully saturated rings. The van der Waals surface area contributed by atoms with Gasteiger partial charge in [-0.05, 0) is 30.4 Å². The summed E-state index contributed by atoms with van der Waals surface area (Å²) in [4.78, 5) is 13.5. The minimum atomic E-state index is -0.471. The number of carbonyl (C=O) groups excluding carboxylic acids is 1. The van der Waals surface area contributed by atoms with Crippen LogP contribution in [0.4, 0.5) is 0 Å². The van der Waals surface area contributed by atoms with Crippen molar-refractivity contribution in [2.24, 2.45) is 11.7 Å². The summed E-state index contributed by atoms with van der Waals surface area (Å²) < 4.78 is 0. The summed E-state index contributed by atoms with van der Waals surface area (Å²) in [7, 11) is 0. The number of amides is 1. The van der Waals surface area contributed by atoms with E-state index in [0.29, 0.717) is 31.1 Å². The molecule has 0 radical (unpaired) electrons. The number of hydrogen-bond acceptors (Lipinski definition) is 3. The van der Waals surface area contributed by atoms with Gasteiger partial charge in [0.25, 0.3) is 0 Å². The zero-order valence-corrected chi connectivity index (χ0v) is 10.3. The van der Waals surface area contributed by atoms with Crippen molar-refractivity contribution in [2.45, 2.75) is 25.0 Å². The number of hydrogen-bond donors (Lipinski definition) is 2. The van der Waals surface area contributed by atoms with Gasteiger partial charge in [0.1, 0.15) is 0 Å². The molecule has 1 aromatic rings. The first-order chi connectivity index (χ1) is 8.58. The van der Waals surface area contributed by atoms with E-state index in [4.69, 9.17) is 5.73 Å². The molecule has 1 aliphatic carbocycles. The lowest BCUT2D eigenvalue weighted by molar-refractivity contribution is -0.116. The summed E-state index contributed by atoms with van der Waals surface area (Å²) in [5.41, 5.74) is 6.41. The van der Waals surface area contributed by atoms with Crippen LogP contribution in [0.3, 0.4) is 0 Å².